The molecule has 0 spiro atoms. The highest BCUT2D eigenvalue weighted by atomic mass is 32.2. The summed E-state index contributed by atoms with van der Waals surface area (Å²) in [7, 11) is 1.65. The molecule has 9 nitrogen and oxygen atoms in total. The van der Waals surface area contributed by atoms with E-state index in [0.29, 0.717) is 23.9 Å². The maximum absolute atomic E-state index is 6.12. The van der Waals surface area contributed by atoms with E-state index >= 15 is 0 Å². The number of furan rings is 1. The zero-order valence-electron chi connectivity index (χ0n) is 19.0. The van der Waals surface area contributed by atoms with E-state index in [9.17, 15) is 0 Å². The van der Waals surface area contributed by atoms with Crippen LogP contribution in [-0.2, 0) is 13.1 Å². The molecule has 5 N–H and O–H groups in total. The number of hydrogen-bond donors (Lipinski definition) is 3. The van der Waals surface area contributed by atoms with E-state index < -0.39 is 0 Å². The maximum atomic E-state index is 6.12. The summed E-state index contributed by atoms with van der Waals surface area (Å²) in [6, 6.07) is 10.1. The summed E-state index contributed by atoms with van der Waals surface area (Å²) < 4.78 is 13.5. The monoisotopic (exact) mass is 467 g/mol. The van der Waals surface area contributed by atoms with Crippen molar-refractivity contribution in [1.29, 1.82) is 0 Å². The molecule has 0 bridgehead atoms. The van der Waals surface area contributed by atoms with Gasteiger partial charge in [0.05, 0.1) is 13.7 Å². The molecule has 10 heteroatoms. The number of methoxy groups -OCH3 is 1. The molecule has 0 atom stereocenters. The average molecular weight is 468 g/mol. The van der Waals surface area contributed by atoms with E-state index in [1.165, 1.54) is 18.1 Å². The number of hydrogen-bond acceptors (Lipinski definition) is 9. The summed E-state index contributed by atoms with van der Waals surface area (Å²) >= 11 is 1.52. The topological polar surface area (TPSA) is 130 Å². The van der Waals surface area contributed by atoms with Gasteiger partial charge in [-0.1, -0.05) is 25.6 Å². The summed E-state index contributed by atoms with van der Waals surface area (Å²) in [6.45, 7) is 6.25. The Labute approximate surface area is 196 Å². The number of anilines is 1. The summed E-state index contributed by atoms with van der Waals surface area (Å²) in [5.41, 5.74) is 14.1. The molecule has 1 aromatic carbocycles. The molecule has 3 aromatic heterocycles. The Bertz CT molecular complexity index is 1240. The Kier molecular flexibility index (Phi) is 7.17. The van der Waals surface area contributed by atoms with Crippen LogP contribution in [0.5, 0.6) is 5.75 Å². The van der Waals surface area contributed by atoms with E-state index in [4.69, 9.17) is 25.6 Å². The highest BCUT2D eigenvalue weighted by molar-refractivity contribution is 7.99. The molecule has 4 aromatic rings. The van der Waals surface area contributed by atoms with Gasteiger partial charge in [0.25, 0.3) is 0 Å². The predicted octanol–water partition coefficient (Wildman–Crippen LogP) is 3.68. The Morgan fingerprint density at radius 2 is 2.06 bits per heavy atom. The van der Waals surface area contributed by atoms with Gasteiger partial charge in [-0.05, 0) is 43.3 Å². The lowest BCUT2D eigenvalue weighted by Crippen LogP contribution is -2.24. The van der Waals surface area contributed by atoms with Crippen molar-refractivity contribution in [1.82, 2.24) is 24.8 Å². The minimum atomic E-state index is 0.344. The van der Waals surface area contributed by atoms with Gasteiger partial charge < -0.3 is 30.5 Å². The molecule has 0 saturated carbocycles. The van der Waals surface area contributed by atoms with Crippen LogP contribution in [-0.4, -0.2) is 39.2 Å². The second-order valence-electron chi connectivity index (χ2n) is 7.87. The number of aromatic nitrogens is 4. The third-order valence-electron chi connectivity index (χ3n) is 5.15. The number of ether oxygens (including phenoxy) is 1. The molecule has 3 heterocycles. The van der Waals surface area contributed by atoms with Crippen molar-refractivity contribution in [2.24, 2.45) is 5.73 Å². The molecular weight excluding hydrogens is 438 g/mol. The van der Waals surface area contributed by atoms with Crippen LogP contribution in [0.15, 0.2) is 51.1 Å². The van der Waals surface area contributed by atoms with Gasteiger partial charge in [-0.25, -0.2) is 15.0 Å². The van der Waals surface area contributed by atoms with Crippen molar-refractivity contribution in [3.8, 4) is 17.1 Å². The zero-order chi connectivity index (χ0) is 23.4. The first-order valence-corrected chi connectivity index (χ1v) is 11.7. The molecule has 0 aliphatic carbocycles. The van der Waals surface area contributed by atoms with Crippen LogP contribution in [0.4, 0.5) is 5.82 Å². The summed E-state index contributed by atoms with van der Waals surface area (Å²) in [5, 5.41) is 4.23. The van der Waals surface area contributed by atoms with Crippen molar-refractivity contribution in [3.63, 3.8) is 0 Å². The predicted molar refractivity (Wildman–Crippen MR) is 130 cm³/mol. The first kappa shape index (κ1) is 23.1. The van der Waals surface area contributed by atoms with Crippen LogP contribution in [0, 0.1) is 0 Å². The van der Waals surface area contributed by atoms with E-state index in [1.54, 1.807) is 7.11 Å². The second-order valence-corrected chi connectivity index (χ2v) is 8.88. The lowest BCUT2D eigenvalue weighted by atomic mass is 10.1. The van der Waals surface area contributed by atoms with Gasteiger partial charge in [-0.15, -0.1) is 0 Å². The number of nitrogen functional groups attached to an aromatic ring is 1. The molecule has 0 fully saturated rings. The number of aryl methyl sites for hydroxylation is 1. The molecule has 0 unspecified atom stereocenters. The summed E-state index contributed by atoms with van der Waals surface area (Å²) in [5.74, 6) is 2.58. The van der Waals surface area contributed by atoms with E-state index in [1.807, 2.05) is 30.3 Å². The fraction of sp³-hybridized carbons (Fsp3) is 0.348. The Morgan fingerprint density at radius 3 is 2.79 bits per heavy atom. The highest BCUT2D eigenvalue weighted by Crippen LogP contribution is 2.39. The molecule has 33 heavy (non-hydrogen) atoms. The average Bonchev–Trinajstić information content (AvgIpc) is 3.42. The van der Waals surface area contributed by atoms with Gasteiger partial charge in [0.1, 0.15) is 23.6 Å². The van der Waals surface area contributed by atoms with Crippen molar-refractivity contribution in [3.05, 3.63) is 42.4 Å². The molecular formula is C23H29N7O2S. The highest BCUT2D eigenvalue weighted by Gasteiger charge is 2.19. The smallest absolute Gasteiger partial charge is 0.175 e. The zero-order valence-corrected chi connectivity index (χ0v) is 19.9. The fourth-order valence-electron chi connectivity index (χ4n) is 3.49. The summed E-state index contributed by atoms with van der Waals surface area (Å²) in [6.07, 6.45) is 2.40. The normalized spacial score (nSPS) is 11.5. The Balaban J connectivity index is 1.73. The lowest BCUT2D eigenvalue weighted by Gasteiger charge is -2.12. The van der Waals surface area contributed by atoms with Crippen molar-refractivity contribution in [2.45, 2.75) is 49.5 Å². The van der Waals surface area contributed by atoms with E-state index in [0.717, 1.165) is 58.0 Å². The largest absolute Gasteiger partial charge is 0.497 e. The first-order valence-electron chi connectivity index (χ1n) is 10.8. The number of rotatable bonds is 10. The number of nitrogens with two attached hydrogens (primary N) is 2. The number of nitrogens with one attached hydrogen (secondary N) is 1. The minimum Gasteiger partial charge on any atom is -0.497 e. The van der Waals surface area contributed by atoms with Gasteiger partial charge in [0.2, 0.25) is 0 Å². The van der Waals surface area contributed by atoms with Crippen molar-refractivity contribution >= 4 is 28.7 Å². The van der Waals surface area contributed by atoms with Crippen molar-refractivity contribution in [2.75, 3.05) is 19.4 Å². The fourth-order valence-corrected chi connectivity index (χ4v) is 4.56. The van der Waals surface area contributed by atoms with Crippen LogP contribution in [0.1, 0.15) is 26.0 Å². The van der Waals surface area contributed by atoms with Gasteiger partial charge in [-0.2, -0.15) is 0 Å². The van der Waals surface area contributed by atoms with Crippen LogP contribution in [0.3, 0.4) is 0 Å². The minimum absolute atomic E-state index is 0.344. The standard InChI is InChI=1S/C23H29N7O2S/c1-14(2)26-9-4-10-30-22-20(21(25)27-13-28-22)29-23(30)33-19-11-15(31-3)5-7-17(19)18-8-6-16(12-24)32-18/h5-8,11,13-14,26H,4,9-10,12,24H2,1-3H3,(H2,25,27,28). The Morgan fingerprint density at radius 1 is 1.21 bits per heavy atom. The molecule has 0 aliphatic heterocycles. The number of nitrogens with zero attached hydrogens (tertiary/aromatic N) is 4. The number of imidazole rings is 1. The van der Waals surface area contributed by atoms with Gasteiger partial charge in [-0.3, -0.25) is 0 Å². The van der Waals surface area contributed by atoms with E-state index in [-0.39, 0.29) is 0 Å². The molecule has 0 saturated heterocycles. The van der Waals surface area contributed by atoms with Crippen molar-refractivity contribution < 1.29 is 9.15 Å². The van der Waals surface area contributed by atoms with E-state index in [2.05, 4.69) is 33.7 Å². The quantitative estimate of drug-likeness (QED) is 0.299. The third kappa shape index (κ3) is 5.13. The molecule has 0 amide bonds. The second kappa shape index (κ2) is 10.2. The van der Waals surface area contributed by atoms with Crippen LogP contribution >= 0.6 is 11.8 Å². The Hall–Kier alpha value is -3.08. The summed E-state index contributed by atoms with van der Waals surface area (Å²) in [4.78, 5) is 14.3. The molecule has 0 radical (unpaired) electrons. The van der Waals surface area contributed by atoms with Gasteiger partial charge >= 0.3 is 0 Å². The maximum Gasteiger partial charge on any atom is 0.175 e. The van der Waals surface area contributed by atoms with Gasteiger partial charge in [0, 0.05) is 23.0 Å². The van der Waals surface area contributed by atoms with Crippen LogP contribution < -0.4 is 21.5 Å². The third-order valence-corrected chi connectivity index (χ3v) is 6.21. The molecule has 0 aliphatic rings. The number of fused-ring (bicyclic) bond motifs is 1. The van der Waals surface area contributed by atoms with Crippen LogP contribution in [0.25, 0.3) is 22.5 Å². The van der Waals surface area contributed by atoms with Gasteiger partial charge in [0.15, 0.2) is 22.1 Å². The first-order chi connectivity index (χ1) is 16.0. The number of benzene rings is 1. The molecule has 174 valence electrons. The van der Waals surface area contributed by atoms with Crippen LogP contribution in [0.2, 0.25) is 0 Å². The SMILES string of the molecule is COc1ccc(-c2ccc(CN)o2)c(Sc2nc3c(N)ncnc3n2CCCNC(C)C)c1. The lowest BCUT2D eigenvalue weighted by molar-refractivity contribution is 0.413. The molecule has 4 rings (SSSR count).